The topological polar surface area (TPSA) is 88.1 Å². The second kappa shape index (κ2) is 6.83. The standard InChI is InChI=1S/C14H20N2O5/c1-8(2)16(3)14(19)15-10-7-12(21-5)11(20-4)6-9(10)13(17)18/h6-8H,1-5H3,(H,15,19)(H,17,18). The number of nitrogens with one attached hydrogen (secondary N) is 1. The minimum absolute atomic E-state index is 0.0154. The van der Waals surface area contributed by atoms with Crippen LogP contribution in [0.2, 0.25) is 0 Å². The Morgan fingerprint density at radius 2 is 1.71 bits per heavy atom. The number of benzene rings is 1. The van der Waals surface area contributed by atoms with Gasteiger partial charge in [0.15, 0.2) is 11.5 Å². The molecule has 7 heteroatoms. The number of aromatic carboxylic acids is 1. The van der Waals surface area contributed by atoms with Gasteiger partial charge in [-0.25, -0.2) is 9.59 Å². The van der Waals surface area contributed by atoms with Gasteiger partial charge in [0.1, 0.15) is 0 Å². The van der Waals surface area contributed by atoms with E-state index in [1.54, 1.807) is 7.05 Å². The van der Waals surface area contributed by atoms with E-state index in [4.69, 9.17) is 9.47 Å². The molecule has 1 rings (SSSR count). The van der Waals surface area contributed by atoms with E-state index in [1.807, 2.05) is 13.8 Å². The van der Waals surface area contributed by atoms with E-state index in [2.05, 4.69) is 5.32 Å². The van der Waals surface area contributed by atoms with E-state index < -0.39 is 12.0 Å². The molecule has 0 spiro atoms. The molecule has 1 aromatic rings. The van der Waals surface area contributed by atoms with E-state index in [0.29, 0.717) is 5.75 Å². The number of hydrogen-bond acceptors (Lipinski definition) is 4. The summed E-state index contributed by atoms with van der Waals surface area (Å²) in [6, 6.07) is 2.32. The lowest BCUT2D eigenvalue weighted by Crippen LogP contribution is -2.36. The third-order valence-corrected chi connectivity index (χ3v) is 3.09. The Morgan fingerprint density at radius 3 is 2.14 bits per heavy atom. The Hall–Kier alpha value is -2.44. The second-order valence-corrected chi connectivity index (χ2v) is 4.69. The molecule has 0 radical (unpaired) electrons. The summed E-state index contributed by atoms with van der Waals surface area (Å²) in [4.78, 5) is 24.8. The molecular formula is C14H20N2O5. The Balaban J connectivity index is 3.21. The van der Waals surface area contributed by atoms with E-state index >= 15 is 0 Å². The van der Waals surface area contributed by atoms with Gasteiger partial charge in [0.2, 0.25) is 0 Å². The van der Waals surface area contributed by atoms with Gasteiger partial charge in [-0.2, -0.15) is 0 Å². The summed E-state index contributed by atoms with van der Waals surface area (Å²) in [6.07, 6.45) is 0. The fourth-order valence-electron chi connectivity index (χ4n) is 1.60. The van der Waals surface area contributed by atoms with Crippen LogP contribution in [0.15, 0.2) is 12.1 Å². The molecule has 0 aliphatic carbocycles. The third-order valence-electron chi connectivity index (χ3n) is 3.09. The number of carbonyl (C=O) groups is 2. The minimum atomic E-state index is -1.17. The molecule has 2 N–H and O–H groups in total. The molecule has 0 heterocycles. The van der Waals surface area contributed by atoms with Crippen molar-refractivity contribution in [2.45, 2.75) is 19.9 Å². The second-order valence-electron chi connectivity index (χ2n) is 4.69. The van der Waals surface area contributed by atoms with Crippen LogP contribution in [0, 0.1) is 0 Å². The Bertz CT molecular complexity index is 542. The molecule has 0 aliphatic rings. The largest absolute Gasteiger partial charge is 0.493 e. The molecular weight excluding hydrogens is 276 g/mol. The first-order chi connectivity index (χ1) is 9.81. The average Bonchev–Trinajstić information content (AvgIpc) is 2.45. The summed E-state index contributed by atoms with van der Waals surface area (Å²) in [5.41, 5.74) is 0.0795. The lowest BCUT2D eigenvalue weighted by Gasteiger charge is -2.22. The van der Waals surface area contributed by atoms with Crippen LogP contribution in [0.4, 0.5) is 10.5 Å². The number of rotatable bonds is 5. The van der Waals surface area contributed by atoms with Crippen molar-refractivity contribution in [3.63, 3.8) is 0 Å². The van der Waals surface area contributed by atoms with E-state index in [9.17, 15) is 14.7 Å². The first-order valence-corrected chi connectivity index (χ1v) is 6.35. The van der Waals surface area contributed by atoms with Gasteiger partial charge in [0.05, 0.1) is 25.5 Å². The van der Waals surface area contributed by atoms with Crippen molar-refractivity contribution in [2.75, 3.05) is 26.6 Å². The number of carboxylic acid groups (broad SMARTS) is 1. The van der Waals surface area contributed by atoms with Gasteiger partial charge in [0.25, 0.3) is 0 Å². The maximum absolute atomic E-state index is 12.0. The number of anilines is 1. The fourth-order valence-corrected chi connectivity index (χ4v) is 1.60. The zero-order valence-corrected chi connectivity index (χ0v) is 12.8. The molecule has 0 aliphatic heterocycles. The monoisotopic (exact) mass is 296 g/mol. The van der Waals surface area contributed by atoms with Gasteiger partial charge in [-0.15, -0.1) is 0 Å². The smallest absolute Gasteiger partial charge is 0.337 e. The zero-order chi connectivity index (χ0) is 16.2. The van der Waals surface area contributed by atoms with Crippen molar-refractivity contribution in [1.29, 1.82) is 0 Å². The first-order valence-electron chi connectivity index (χ1n) is 6.35. The highest BCUT2D eigenvalue weighted by Gasteiger charge is 2.20. The highest BCUT2D eigenvalue weighted by atomic mass is 16.5. The van der Waals surface area contributed by atoms with Crippen LogP contribution >= 0.6 is 0 Å². The quantitative estimate of drug-likeness (QED) is 0.870. The zero-order valence-electron chi connectivity index (χ0n) is 12.8. The van der Waals surface area contributed by atoms with Crippen molar-refractivity contribution in [2.24, 2.45) is 0 Å². The highest BCUT2D eigenvalue weighted by Crippen LogP contribution is 2.33. The number of urea groups is 1. The van der Waals surface area contributed by atoms with Crippen molar-refractivity contribution < 1.29 is 24.2 Å². The third kappa shape index (κ3) is 3.77. The molecule has 0 aromatic heterocycles. The van der Waals surface area contributed by atoms with E-state index in [-0.39, 0.29) is 23.0 Å². The molecule has 21 heavy (non-hydrogen) atoms. The summed E-state index contributed by atoms with van der Waals surface area (Å²) in [5, 5.41) is 11.8. The predicted octanol–water partition coefficient (Wildman–Crippen LogP) is 2.27. The van der Waals surface area contributed by atoms with Crippen molar-refractivity contribution >= 4 is 17.7 Å². The molecule has 0 bridgehead atoms. The van der Waals surface area contributed by atoms with Crippen LogP contribution < -0.4 is 14.8 Å². The molecule has 7 nitrogen and oxygen atoms in total. The van der Waals surface area contributed by atoms with Crippen molar-refractivity contribution in [3.05, 3.63) is 17.7 Å². The van der Waals surface area contributed by atoms with Crippen LogP contribution in [0.5, 0.6) is 11.5 Å². The first kappa shape index (κ1) is 16.6. The number of carboxylic acids is 1. The number of ether oxygens (including phenoxy) is 2. The summed E-state index contributed by atoms with van der Waals surface area (Å²) >= 11 is 0. The van der Waals surface area contributed by atoms with Crippen molar-refractivity contribution in [3.8, 4) is 11.5 Å². The Kier molecular flexibility index (Phi) is 5.40. The number of hydrogen-bond donors (Lipinski definition) is 2. The van der Waals surface area contributed by atoms with E-state index in [1.165, 1.54) is 31.3 Å². The molecule has 0 atom stereocenters. The molecule has 116 valence electrons. The lowest BCUT2D eigenvalue weighted by molar-refractivity contribution is 0.0697. The van der Waals surface area contributed by atoms with Crippen LogP contribution in [0.3, 0.4) is 0 Å². The van der Waals surface area contributed by atoms with Crippen LogP contribution in [-0.2, 0) is 0 Å². The molecule has 0 unspecified atom stereocenters. The summed E-state index contributed by atoms with van der Waals surface area (Å²) in [5.74, 6) is -0.548. The van der Waals surface area contributed by atoms with Crippen LogP contribution in [0.25, 0.3) is 0 Å². The number of amides is 2. The molecule has 0 fully saturated rings. The van der Waals surface area contributed by atoms with Crippen molar-refractivity contribution in [1.82, 2.24) is 4.90 Å². The maximum Gasteiger partial charge on any atom is 0.337 e. The number of methoxy groups -OCH3 is 2. The fraction of sp³-hybridized carbons (Fsp3) is 0.429. The molecule has 2 amide bonds. The minimum Gasteiger partial charge on any atom is -0.493 e. The van der Waals surface area contributed by atoms with Gasteiger partial charge in [-0.3, -0.25) is 0 Å². The number of carbonyl (C=O) groups excluding carboxylic acids is 1. The van der Waals surface area contributed by atoms with Crippen LogP contribution in [0.1, 0.15) is 24.2 Å². The maximum atomic E-state index is 12.0. The highest BCUT2D eigenvalue weighted by molar-refractivity contribution is 6.01. The van der Waals surface area contributed by atoms with Gasteiger partial charge in [0, 0.05) is 25.2 Å². The molecule has 1 aromatic carbocycles. The van der Waals surface area contributed by atoms with Gasteiger partial charge in [-0.05, 0) is 13.8 Å². The normalized spacial score (nSPS) is 10.2. The molecule has 0 saturated carbocycles. The van der Waals surface area contributed by atoms with Gasteiger partial charge < -0.3 is 24.8 Å². The Morgan fingerprint density at radius 1 is 1.19 bits per heavy atom. The summed E-state index contributed by atoms with van der Waals surface area (Å²) in [6.45, 7) is 3.71. The average molecular weight is 296 g/mol. The summed E-state index contributed by atoms with van der Waals surface area (Å²) < 4.78 is 10.2. The van der Waals surface area contributed by atoms with Crippen LogP contribution in [-0.4, -0.2) is 49.3 Å². The lowest BCUT2D eigenvalue weighted by atomic mass is 10.1. The summed E-state index contributed by atoms with van der Waals surface area (Å²) in [7, 11) is 4.47. The van der Waals surface area contributed by atoms with E-state index in [0.717, 1.165) is 0 Å². The number of nitrogens with zero attached hydrogens (tertiary/aromatic N) is 1. The molecule has 0 saturated heterocycles. The predicted molar refractivity (Wildman–Crippen MR) is 78.4 cm³/mol. The van der Waals surface area contributed by atoms with Gasteiger partial charge >= 0.3 is 12.0 Å². The van der Waals surface area contributed by atoms with Gasteiger partial charge in [-0.1, -0.05) is 0 Å². The Labute approximate surface area is 123 Å². The SMILES string of the molecule is COc1cc(NC(=O)N(C)C(C)C)c(C(=O)O)cc1OC.